The molecule has 0 amide bonds. The third kappa shape index (κ3) is 3.06. The van der Waals surface area contributed by atoms with E-state index in [2.05, 4.69) is 15.0 Å². The predicted molar refractivity (Wildman–Crippen MR) is 103 cm³/mol. The molecular weight excluding hydrogens is 397 g/mol. The Balaban J connectivity index is 1.48. The first kappa shape index (κ1) is 18.8. The summed E-state index contributed by atoms with van der Waals surface area (Å²) in [5.41, 5.74) is 1.38. The number of alkyl halides is 3. The van der Waals surface area contributed by atoms with E-state index in [4.69, 9.17) is 0 Å². The minimum Gasteiger partial charge on any atom is -0.355 e. The number of nitrogens with zero attached hydrogens (tertiary/aromatic N) is 6. The molecule has 156 valence electrons. The molecule has 0 aliphatic carbocycles. The largest absolute Gasteiger partial charge is 0.451 e. The number of pyridine rings is 1. The number of fused-ring (bicyclic) bond motifs is 4. The first-order valence-electron chi connectivity index (χ1n) is 9.68. The van der Waals surface area contributed by atoms with Gasteiger partial charge >= 0.3 is 6.18 Å². The average molecular weight is 416 g/mol. The van der Waals surface area contributed by atoms with E-state index in [1.54, 1.807) is 23.0 Å². The molecule has 2 aliphatic heterocycles. The normalized spacial score (nSPS) is 20.9. The number of halogens is 3. The highest BCUT2D eigenvalue weighted by atomic mass is 19.4. The second-order valence-electron chi connectivity index (χ2n) is 7.89. The van der Waals surface area contributed by atoms with Gasteiger partial charge in [0.05, 0.1) is 5.56 Å². The van der Waals surface area contributed by atoms with Gasteiger partial charge in [-0.25, -0.2) is 15.0 Å². The highest BCUT2D eigenvalue weighted by Crippen LogP contribution is 2.37. The van der Waals surface area contributed by atoms with E-state index >= 15 is 0 Å². The summed E-state index contributed by atoms with van der Waals surface area (Å²) in [7, 11) is 1.84. The zero-order valence-corrected chi connectivity index (χ0v) is 16.2. The summed E-state index contributed by atoms with van der Waals surface area (Å²) in [6.45, 7) is 1.58. The molecule has 5 heterocycles. The zero-order chi connectivity index (χ0) is 21.0. The van der Waals surface area contributed by atoms with E-state index in [1.165, 1.54) is 6.07 Å². The summed E-state index contributed by atoms with van der Waals surface area (Å²) in [6.07, 6.45) is 0.913. The molecule has 0 N–H and O–H groups in total. The van der Waals surface area contributed by atoms with Crippen molar-refractivity contribution in [2.75, 3.05) is 18.0 Å². The van der Waals surface area contributed by atoms with Gasteiger partial charge in [-0.2, -0.15) is 13.2 Å². The van der Waals surface area contributed by atoms with E-state index in [1.807, 2.05) is 22.6 Å². The molecule has 0 aromatic carbocycles. The van der Waals surface area contributed by atoms with E-state index in [0.29, 0.717) is 31.0 Å². The maximum absolute atomic E-state index is 13.2. The Kier molecular flexibility index (Phi) is 4.19. The van der Waals surface area contributed by atoms with Crippen LogP contribution in [0.15, 0.2) is 41.6 Å². The Morgan fingerprint density at radius 1 is 1.07 bits per heavy atom. The van der Waals surface area contributed by atoms with Gasteiger partial charge in [0.25, 0.3) is 5.56 Å². The molecule has 10 heteroatoms. The molecule has 1 saturated heterocycles. The molecule has 0 radical (unpaired) electrons. The molecule has 0 saturated carbocycles. The Morgan fingerprint density at radius 2 is 1.90 bits per heavy atom. The van der Waals surface area contributed by atoms with Crippen LogP contribution in [0.4, 0.5) is 19.0 Å². The van der Waals surface area contributed by atoms with Crippen molar-refractivity contribution in [3.63, 3.8) is 0 Å². The number of imidazole rings is 1. The smallest absolute Gasteiger partial charge is 0.355 e. The molecule has 0 spiro atoms. The Labute approximate surface area is 169 Å². The van der Waals surface area contributed by atoms with Crippen LogP contribution in [0.2, 0.25) is 0 Å². The van der Waals surface area contributed by atoms with E-state index in [-0.39, 0.29) is 23.2 Å². The topological polar surface area (TPSA) is 68.8 Å². The maximum atomic E-state index is 13.2. The summed E-state index contributed by atoms with van der Waals surface area (Å²) < 4.78 is 42.6. The van der Waals surface area contributed by atoms with Crippen LogP contribution in [0.25, 0.3) is 11.4 Å². The average Bonchev–Trinajstić information content (AvgIpc) is 3.14. The predicted octanol–water partition coefficient (Wildman–Crippen LogP) is 2.68. The van der Waals surface area contributed by atoms with Gasteiger partial charge in [-0.05, 0) is 30.5 Å². The fourth-order valence-electron chi connectivity index (χ4n) is 4.59. The third-order valence-electron chi connectivity index (χ3n) is 5.88. The third-order valence-corrected chi connectivity index (χ3v) is 5.88. The first-order valence-corrected chi connectivity index (χ1v) is 9.68. The van der Waals surface area contributed by atoms with Crippen molar-refractivity contribution in [1.29, 1.82) is 0 Å². The van der Waals surface area contributed by atoms with Crippen LogP contribution < -0.4 is 10.5 Å². The molecule has 3 aromatic rings. The second-order valence-corrected chi connectivity index (χ2v) is 7.89. The lowest BCUT2D eigenvalue weighted by molar-refractivity contribution is -0.144. The summed E-state index contributed by atoms with van der Waals surface area (Å²) in [5, 5.41) is 0. The molecule has 3 aromatic heterocycles. The Bertz CT molecular complexity index is 1170. The fraction of sp³-hybridized carbons (Fsp3) is 0.400. The lowest BCUT2D eigenvalue weighted by atomic mass is 9.83. The highest BCUT2D eigenvalue weighted by molar-refractivity contribution is 5.55. The van der Waals surface area contributed by atoms with Crippen molar-refractivity contribution >= 4 is 5.82 Å². The minimum absolute atomic E-state index is 0.0462. The van der Waals surface area contributed by atoms with Gasteiger partial charge < -0.3 is 14.0 Å². The van der Waals surface area contributed by atoms with Gasteiger partial charge in [-0.15, -0.1) is 0 Å². The van der Waals surface area contributed by atoms with Crippen molar-refractivity contribution < 1.29 is 13.2 Å². The van der Waals surface area contributed by atoms with E-state index < -0.39 is 12.0 Å². The first-order chi connectivity index (χ1) is 14.3. The maximum Gasteiger partial charge on any atom is 0.451 e. The molecule has 0 unspecified atom stereocenters. The number of hydrogen-bond donors (Lipinski definition) is 0. The van der Waals surface area contributed by atoms with Gasteiger partial charge in [-0.3, -0.25) is 4.79 Å². The van der Waals surface area contributed by atoms with Crippen LogP contribution in [0.5, 0.6) is 0 Å². The van der Waals surface area contributed by atoms with Crippen LogP contribution in [0.1, 0.15) is 23.9 Å². The molecule has 5 rings (SSSR count). The molecule has 7 nitrogen and oxygen atoms in total. The number of aromatic nitrogens is 5. The van der Waals surface area contributed by atoms with Crippen molar-refractivity contribution in [2.24, 2.45) is 13.0 Å². The van der Waals surface area contributed by atoms with Crippen molar-refractivity contribution in [2.45, 2.75) is 25.1 Å². The van der Waals surface area contributed by atoms with Crippen LogP contribution in [-0.4, -0.2) is 37.2 Å². The summed E-state index contributed by atoms with van der Waals surface area (Å²) >= 11 is 0. The van der Waals surface area contributed by atoms with Crippen molar-refractivity contribution in [1.82, 2.24) is 24.1 Å². The zero-order valence-electron chi connectivity index (χ0n) is 16.2. The summed E-state index contributed by atoms with van der Waals surface area (Å²) in [5.74, 6) is -0.0485. The quantitative estimate of drug-likeness (QED) is 0.643. The number of piperidine rings is 1. The minimum atomic E-state index is -4.58. The number of aryl methyl sites for hydroxylation is 1. The standard InChI is InChI=1S/C20H19F3N6O/c1-27-7-6-24-17(27)14-2-3-15-13-8-12(10-29(15)18(14)30)9-28(11-13)16-4-5-25-19(26-16)20(21,22)23/h2-7,12-13H,8-11H2,1H3/t12-,13+/m0/s1. The summed E-state index contributed by atoms with van der Waals surface area (Å²) in [6, 6.07) is 5.24. The van der Waals surface area contributed by atoms with Crippen LogP contribution in [0, 0.1) is 5.92 Å². The van der Waals surface area contributed by atoms with Gasteiger partial charge in [0.2, 0.25) is 5.82 Å². The highest BCUT2D eigenvalue weighted by Gasteiger charge is 2.38. The Hall–Kier alpha value is -3.17. The SMILES string of the molecule is Cn1ccnc1-c1ccc2n(c1=O)C[C@H]1C[C@@H]2CN(c2ccnc(C(F)(F)F)n2)C1. The lowest BCUT2D eigenvalue weighted by Gasteiger charge is -2.43. The Morgan fingerprint density at radius 3 is 2.63 bits per heavy atom. The molecule has 2 atom stereocenters. The molecule has 2 aliphatic rings. The van der Waals surface area contributed by atoms with Gasteiger partial charge in [0.1, 0.15) is 11.6 Å². The molecule has 30 heavy (non-hydrogen) atoms. The number of hydrogen-bond acceptors (Lipinski definition) is 5. The van der Waals surface area contributed by atoms with Gasteiger partial charge in [-0.1, -0.05) is 0 Å². The number of anilines is 1. The van der Waals surface area contributed by atoms with Crippen molar-refractivity contribution in [3.05, 3.63) is 58.7 Å². The second kappa shape index (κ2) is 6.68. The molecule has 1 fully saturated rings. The number of rotatable bonds is 2. The van der Waals surface area contributed by atoms with Crippen molar-refractivity contribution in [3.8, 4) is 11.4 Å². The molecule has 2 bridgehead atoms. The summed E-state index contributed by atoms with van der Waals surface area (Å²) in [4.78, 5) is 26.4. The lowest BCUT2D eigenvalue weighted by Crippen LogP contribution is -2.47. The van der Waals surface area contributed by atoms with Crippen LogP contribution >= 0.6 is 0 Å². The van der Waals surface area contributed by atoms with E-state index in [0.717, 1.165) is 18.3 Å². The van der Waals surface area contributed by atoms with Crippen LogP contribution in [-0.2, 0) is 19.8 Å². The van der Waals surface area contributed by atoms with Crippen LogP contribution in [0.3, 0.4) is 0 Å². The van der Waals surface area contributed by atoms with Gasteiger partial charge in [0, 0.05) is 56.9 Å². The monoisotopic (exact) mass is 416 g/mol. The van der Waals surface area contributed by atoms with Gasteiger partial charge in [0.15, 0.2) is 0 Å². The fourth-order valence-corrected chi connectivity index (χ4v) is 4.59. The molecular formula is C20H19F3N6O. The van der Waals surface area contributed by atoms with E-state index in [9.17, 15) is 18.0 Å².